The standard InChI is InChI=1S/C12H20N4O2S/c1-8-11(6-13-2)12(15-14-8)19(17,18)16-7-9-3-4-10(16)5-9/h9-10,13H,3-7H2,1-2H3,(H,14,15). The van der Waals surface area contributed by atoms with Gasteiger partial charge < -0.3 is 5.32 Å². The molecule has 0 amide bonds. The van der Waals surface area contributed by atoms with Crippen LogP contribution in [0.5, 0.6) is 0 Å². The van der Waals surface area contributed by atoms with Crippen LogP contribution in [0.2, 0.25) is 0 Å². The van der Waals surface area contributed by atoms with Gasteiger partial charge in [-0.05, 0) is 39.2 Å². The molecule has 0 aromatic carbocycles. The summed E-state index contributed by atoms with van der Waals surface area (Å²) in [4.78, 5) is 0. The molecule has 2 heterocycles. The second-order valence-corrected chi connectivity index (χ2v) is 7.38. The van der Waals surface area contributed by atoms with Crippen LogP contribution in [0, 0.1) is 12.8 Å². The Hall–Kier alpha value is -0.920. The first kappa shape index (κ1) is 13.1. The molecule has 1 saturated carbocycles. The second-order valence-electron chi connectivity index (χ2n) is 5.57. The van der Waals surface area contributed by atoms with Gasteiger partial charge in [-0.25, -0.2) is 8.42 Å². The average Bonchev–Trinajstić information content (AvgIpc) is 3.06. The number of fused-ring (bicyclic) bond motifs is 2. The monoisotopic (exact) mass is 284 g/mol. The third-order valence-electron chi connectivity index (χ3n) is 4.30. The quantitative estimate of drug-likeness (QED) is 0.849. The molecule has 106 valence electrons. The Morgan fingerprint density at radius 1 is 1.47 bits per heavy atom. The molecule has 6 nitrogen and oxygen atoms in total. The van der Waals surface area contributed by atoms with Gasteiger partial charge in [0, 0.05) is 30.4 Å². The molecule has 2 N–H and O–H groups in total. The maximum absolute atomic E-state index is 12.7. The SMILES string of the molecule is CNCc1c(S(=O)(=O)N2CC3CCC2C3)n[nH]c1C. The number of aromatic nitrogens is 2. The Balaban J connectivity index is 1.96. The van der Waals surface area contributed by atoms with Crippen molar-refractivity contribution < 1.29 is 8.42 Å². The number of H-pyrrole nitrogens is 1. The molecule has 3 rings (SSSR count). The Morgan fingerprint density at radius 2 is 2.26 bits per heavy atom. The zero-order chi connectivity index (χ0) is 13.6. The highest BCUT2D eigenvalue weighted by molar-refractivity contribution is 7.89. The fourth-order valence-electron chi connectivity index (χ4n) is 3.31. The first-order valence-electron chi connectivity index (χ1n) is 6.74. The van der Waals surface area contributed by atoms with E-state index < -0.39 is 10.0 Å². The number of sulfonamides is 1. The molecule has 2 bridgehead atoms. The van der Waals surface area contributed by atoms with Gasteiger partial charge in [-0.15, -0.1) is 0 Å². The number of nitrogens with zero attached hydrogens (tertiary/aromatic N) is 2. The van der Waals surface area contributed by atoms with Crippen molar-refractivity contribution in [1.29, 1.82) is 0 Å². The average molecular weight is 284 g/mol. The number of piperidine rings is 1. The lowest BCUT2D eigenvalue weighted by Gasteiger charge is -2.25. The van der Waals surface area contributed by atoms with E-state index in [-0.39, 0.29) is 11.1 Å². The van der Waals surface area contributed by atoms with Gasteiger partial charge in [0.25, 0.3) is 10.0 Å². The van der Waals surface area contributed by atoms with Crippen LogP contribution in [0.4, 0.5) is 0 Å². The van der Waals surface area contributed by atoms with E-state index in [1.54, 1.807) is 11.4 Å². The molecule has 2 aliphatic rings. The molecule has 1 saturated heterocycles. The Morgan fingerprint density at radius 3 is 2.84 bits per heavy atom. The Labute approximate surface area is 113 Å². The van der Waals surface area contributed by atoms with Crippen molar-refractivity contribution >= 4 is 10.0 Å². The largest absolute Gasteiger partial charge is 0.316 e. The van der Waals surface area contributed by atoms with E-state index in [0.29, 0.717) is 19.0 Å². The molecular weight excluding hydrogens is 264 g/mol. The fourth-order valence-corrected chi connectivity index (χ4v) is 5.22. The van der Waals surface area contributed by atoms with Crippen LogP contribution in [0.3, 0.4) is 0 Å². The van der Waals surface area contributed by atoms with Crippen molar-refractivity contribution in [3.05, 3.63) is 11.3 Å². The van der Waals surface area contributed by atoms with E-state index in [1.807, 2.05) is 6.92 Å². The van der Waals surface area contributed by atoms with Gasteiger partial charge in [0.1, 0.15) is 0 Å². The summed E-state index contributed by atoms with van der Waals surface area (Å²) in [5.41, 5.74) is 1.57. The summed E-state index contributed by atoms with van der Waals surface area (Å²) < 4.78 is 27.2. The molecule has 0 spiro atoms. The summed E-state index contributed by atoms with van der Waals surface area (Å²) in [6.07, 6.45) is 3.18. The molecule has 2 fully saturated rings. The first-order chi connectivity index (χ1) is 9.04. The molecule has 1 aromatic rings. The van der Waals surface area contributed by atoms with E-state index in [0.717, 1.165) is 24.1 Å². The van der Waals surface area contributed by atoms with E-state index in [4.69, 9.17) is 0 Å². The van der Waals surface area contributed by atoms with Gasteiger partial charge in [0.15, 0.2) is 5.03 Å². The van der Waals surface area contributed by atoms with E-state index in [1.165, 1.54) is 6.42 Å². The Kier molecular flexibility index (Phi) is 3.15. The van der Waals surface area contributed by atoms with Crippen molar-refractivity contribution in [1.82, 2.24) is 19.8 Å². The molecule has 1 aliphatic heterocycles. The summed E-state index contributed by atoms with van der Waals surface area (Å²) in [5.74, 6) is 0.549. The zero-order valence-corrected chi connectivity index (χ0v) is 12.1. The second kappa shape index (κ2) is 4.57. The molecule has 19 heavy (non-hydrogen) atoms. The van der Waals surface area contributed by atoms with Crippen LogP contribution in [-0.4, -0.2) is 42.6 Å². The zero-order valence-electron chi connectivity index (χ0n) is 11.3. The highest BCUT2D eigenvalue weighted by atomic mass is 32.2. The summed E-state index contributed by atoms with van der Waals surface area (Å²) in [6.45, 7) is 3.03. The highest BCUT2D eigenvalue weighted by Gasteiger charge is 2.45. The minimum atomic E-state index is -3.45. The molecule has 2 unspecified atom stereocenters. The third-order valence-corrected chi connectivity index (χ3v) is 6.19. The minimum absolute atomic E-state index is 0.189. The molecule has 7 heteroatoms. The summed E-state index contributed by atoms with van der Waals surface area (Å²) in [5, 5.41) is 10.0. The van der Waals surface area contributed by atoms with Gasteiger partial charge in [0.05, 0.1) is 0 Å². The third kappa shape index (κ3) is 2.00. The molecule has 1 aromatic heterocycles. The molecule has 2 atom stereocenters. The molecule has 0 radical (unpaired) electrons. The lowest BCUT2D eigenvalue weighted by molar-refractivity contribution is 0.332. The summed E-state index contributed by atoms with van der Waals surface area (Å²) in [6, 6.07) is 0.189. The van der Waals surface area contributed by atoms with Crippen LogP contribution in [0.25, 0.3) is 0 Å². The Bertz CT molecular complexity index is 581. The van der Waals surface area contributed by atoms with Crippen LogP contribution in [-0.2, 0) is 16.6 Å². The van der Waals surface area contributed by atoms with Crippen molar-refractivity contribution in [2.24, 2.45) is 5.92 Å². The number of hydrogen-bond acceptors (Lipinski definition) is 4. The van der Waals surface area contributed by atoms with Crippen molar-refractivity contribution in [3.63, 3.8) is 0 Å². The number of nitrogens with one attached hydrogen (secondary N) is 2. The van der Waals surface area contributed by atoms with E-state index >= 15 is 0 Å². The number of aromatic amines is 1. The highest BCUT2D eigenvalue weighted by Crippen LogP contribution is 2.40. The fraction of sp³-hybridized carbons (Fsp3) is 0.750. The van der Waals surface area contributed by atoms with Crippen LogP contribution in [0.15, 0.2) is 5.03 Å². The van der Waals surface area contributed by atoms with Gasteiger partial charge in [-0.3, -0.25) is 5.10 Å². The topological polar surface area (TPSA) is 78.1 Å². The van der Waals surface area contributed by atoms with Gasteiger partial charge >= 0.3 is 0 Å². The number of rotatable bonds is 4. The van der Waals surface area contributed by atoms with Gasteiger partial charge in [-0.1, -0.05) is 0 Å². The molecular formula is C12H20N4O2S. The lowest BCUT2D eigenvalue weighted by atomic mass is 10.1. The maximum atomic E-state index is 12.7. The summed E-state index contributed by atoms with van der Waals surface area (Å²) >= 11 is 0. The normalized spacial score (nSPS) is 27.3. The predicted octanol–water partition coefficient (Wildman–Crippen LogP) is 0.611. The number of hydrogen-bond donors (Lipinski definition) is 2. The van der Waals surface area contributed by atoms with Gasteiger partial charge in [-0.2, -0.15) is 9.40 Å². The smallest absolute Gasteiger partial charge is 0.262 e. The van der Waals surface area contributed by atoms with Crippen LogP contribution in [0.1, 0.15) is 30.5 Å². The van der Waals surface area contributed by atoms with E-state index in [2.05, 4.69) is 15.5 Å². The maximum Gasteiger partial charge on any atom is 0.262 e. The van der Waals surface area contributed by atoms with Crippen LogP contribution >= 0.6 is 0 Å². The number of aryl methyl sites for hydroxylation is 1. The van der Waals surface area contributed by atoms with E-state index in [9.17, 15) is 8.42 Å². The predicted molar refractivity (Wildman–Crippen MR) is 71.1 cm³/mol. The van der Waals surface area contributed by atoms with Crippen LogP contribution < -0.4 is 5.32 Å². The van der Waals surface area contributed by atoms with Crippen molar-refractivity contribution in [3.8, 4) is 0 Å². The summed E-state index contributed by atoms with van der Waals surface area (Å²) in [7, 11) is -1.64. The first-order valence-corrected chi connectivity index (χ1v) is 8.18. The minimum Gasteiger partial charge on any atom is -0.316 e. The van der Waals surface area contributed by atoms with Gasteiger partial charge in [0.2, 0.25) is 0 Å². The lowest BCUT2D eigenvalue weighted by Crippen LogP contribution is -2.38. The van der Waals surface area contributed by atoms with Crippen molar-refractivity contribution in [2.45, 2.75) is 43.8 Å². The van der Waals surface area contributed by atoms with Crippen molar-refractivity contribution in [2.75, 3.05) is 13.6 Å². The molecule has 1 aliphatic carbocycles.